The summed E-state index contributed by atoms with van der Waals surface area (Å²) >= 11 is 9.09. The molecule has 17 heavy (non-hydrogen) atoms. The van der Waals surface area contributed by atoms with Crippen molar-refractivity contribution in [3.8, 4) is 0 Å². The number of nitrogens with zero attached hydrogens (tertiary/aromatic N) is 2. The summed E-state index contributed by atoms with van der Waals surface area (Å²) in [6.45, 7) is 0.0411. The van der Waals surface area contributed by atoms with Crippen molar-refractivity contribution in [1.82, 2.24) is 4.90 Å². The molecule has 0 heterocycles. The third-order valence-corrected chi connectivity index (χ3v) is 2.66. The first-order valence-electron chi connectivity index (χ1n) is 4.62. The smallest absolute Gasteiger partial charge is 0.254 e. The zero-order valence-corrected chi connectivity index (χ0v) is 11.4. The van der Waals surface area contributed by atoms with Crippen LogP contribution in [-0.4, -0.2) is 35.4 Å². The Morgan fingerprint density at radius 1 is 1.59 bits per heavy atom. The lowest BCUT2D eigenvalue weighted by molar-refractivity contribution is 0.0813. The van der Waals surface area contributed by atoms with Gasteiger partial charge in [0.2, 0.25) is 0 Å². The van der Waals surface area contributed by atoms with Gasteiger partial charge in [-0.2, -0.15) is 0 Å². The van der Waals surface area contributed by atoms with E-state index in [1.165, 1.54) is 4.90 Å². The number of amides is 1. The van der Waals surface area contributed by atoms with Gasteiger partial charge in [-0.15, -0.1) is 0 Å². The van der Waals surface area contributed by atoms with Crippen LogP contribution in [0, 0.1) is 0 Å². The van der Waals surface area contributed by atoms with Crippen LogP contribution >= 0.6 is 27.5 Å². The van der Waals surface area contributed by atoms with Gasteiger partial charge in [-0.1, -0.05) is 32.7 Å². The van der Waals surface area contributed by atoms with Crippen molar-refractivity contribution in [2.45, 2.75) is 0 Å². The molecule has 0 aliphatic rings. The molecule has 0 aliphatic heterocycles. The number of hydrogen-bond acceptors (Lipinski definition) is 3. The molecule has 3 N–H and O–H groups in total. The van der Waals surface area contributed by atoms with E-state index in [-0.39, 0.29) is 18.3 Å². The van der Waals surface area contributed by atoms with Crippen molar-refractivity contribution in [2.24, 2.45) is 10.9 Å². The average molecular weight is 321 g/mol. The summed E-state index contributed by atoms with van der Waals surface area (Å²) in [6, 6.07) is 4.89. The first-order valence-corrected chi connectivity index (χ1v) is 5.79. The van der Waals surface area contributed by atoms with Gasteiger partial charge in [0.05, 0.1) is 6.54 Å². The van der Waals surface area contributed by atoms with Crippen LogP contribution in [0.1, 0.15) is 10.4 Å². The van der Waals surface area contributed by atoms with Gasteiger partial charge in [0.1, 0.15) is 0 Å². The fraction of sp³-hybridized carbons (Fsp3) is 0.200. The van der Waals surface area contributed by atoms with Crippen molar-refractivity contribution >= 4 is 39.3 Å². The molecule has 0 fully saturated rings. The van der Waals surface area contributed by atoms with Crippen LogP contribution in [0.15, 0.2) is 27.8 Å². The standard InChI is InChI=1S/C10H11BrClN3O2/c1-15(5-9(13)14-17)10(16)6-2-7(11)4-8(12)3-6/h2-4,17H,5H2,1H3,(H2,13,14). The van der Waals surface area contributed by atoms with Crippen molar-refractivity contribution < 1.29 is 10.0 Å². The fourth-order valence-corrected chi connectivity index (χ4v) is 2.10. The predicted molar refractivity (Wildman–Crippen MR) is 69.5 cm³/mol. The highest BCUT2D eigenvalue weighted by atomic mass is 79.9. The minimum absolute atomic E-state index is 0.0399. The van der Waals surface area contributed by atoms with Crippen molar-refractivity contribution in [3.63, 3.8) is 0 Å². The number of hydrogen-bond donors (Lipinski definition) is 2. The SMILES string of the molecule is CN(C/C(N)=N/O)C(=O)c1cc(Cl)cc(Br)c1. The second kappa shape index (κ2) is 5.88. The van der Waals surface area contributed by atoms with E-state index in [1.54, 1.807) is 25.2 Å². The first-order chi connectivity index (χ1) is 7.93. The number of benzene rings is 1. The highest BCUT2D eigenvalue weighted by Gasteiger charge is 2.14. The normalized spacial score (nSPS) is 11.4. The van der Waals surface area contributed by atoms with Crippen LogP contribution < -0.4 is 5.73 Å². The largest absolute Gasteiger partial charge is 0.409 e. The summed E-state index contributed by atoms with van der Waals surface area (Å²) in [6.07, 6.45) is 0. The Labute approximate surface area is 112 Å². The van der Waals surface area contributed by atoms with E-state index in [9.17, 15) is 4.79 Å². The fourth-order valence-electron chi connectivity index (χ4n) is 1.24. The maximum absolute atomic E-state index is 12.0. The van der Waals surface area contributed by atoms with Crippen LogP contribution in [-0.2, 0) is 0 Å². The van der Waals surface area contributed by atoms with E-state index in [1.807, 2.05) is 0 Å². The minimum atomic E-state index is -0.264. The quantitative estimate of drug-likeness (QED) is 0.386. The van der Waals surface area contributed by atoms with Crippen LogP contribution in [0.2, 0.25) is 5.02 Å². The molecular formula is C10H11BrClN3O2. The number of likely N-dealkylation sites (N-methyl/N-ethyl adjacent to an activating group) is 1. The van der Waals surface area contributed by atoms with E-state index in [0.717, 1.165) is 0 Å². The average Bonchev–Trinajstić information content (AvgIpc) is 2.26. The van der Waals surface area contributed by atoms with E-state index < -0.39 is 0 Å². The molecule has 7 heteroatoms. The van der Waals surface area contributed by atoms with Crippen molar-refractivity contribution in [2.75, 3.05) is 13.6 Å². The molecule has 0 spiro atoms. The van der Waals surface area contributed by atoms with Crippen LogP contribution in [0.5, 0.6) is 0 Å². The number of halogens is 2. The lowest BCUT2D eigenvalue weighted by Gasteiger charge is -2.16. The van der Waals surface area contributed by atoms with Crippen LogP contribution in [0.25, 0.3) is 0 Å². The monoisotopic (exact) mass is 319 g/mol. The zero-order valence-electron chi connectivity index (χ0n) is 9.02. The minimum Gasteiger partial charge on any atom is -0.409 e. The number of nitrogens with two attached hydrogens (primary N) is 1. The van der Waals surface area contributed by atoms with E-state index in [2.05, 4.69) is 21.1 Å². The predicted octanol–water partition coefficient (Wildman–Crippen LogP) is 1.92. The lowest BCUT2D eigenvalue weighted by atomic mass is 10.2. The molecule has 5 nitrogen and oxygen atoms in total. The molecule has 1 aromatic rings. The van der Waals surface area contributed by atoms with Gasteiger partial charge in [0.25, 0.3) is 5.91 Å². The Bertz CT molecular complexity index is 445. The Balaban J connectivity index is 2.88. The number of amidine groups is 1. The summed E-state index contributed by atoms with van der Waals surface area (Å²) in [5.74, 6) is -0.304. The van der Waals surface area contributed by atoms with Crippen molar-refractivity contribution in [3.05, 3.63) is 33.3 Å². The van der Waals surface area contributed by atoms with Gasteiger partial charge in [-0.3, -0.25) is 4.79 Å². The van der Waals surface area contributed by atoms with E-state index in [0.29, 0.717) is 15.1 Å². The lowest BCUT2D eigenvalue weighted by Crippen LogP contribution is -2.35. The molecule has 0 unspecified atom stereocenters. The van der Waals surface area contributed by atoms with Gasteiger partial charge >= 0.3 is 0 Å². The molecule has 0 saturated heterocycles. The van der Waals surface area contributed by atoms with Crippen LogP contribution in [0.4, 0.5) is 0 Å². The van der Waals surface area contributed by atoms with E-state index in [4.69, 9.17) is 22.5 Å². The molecule has 0 radical (unpaired) electrons. The van der Waals surface area contributed by atoms with Gasteiger partial charge in [-0.05, 0) is 18.2 Å². The maximum Gasteiger partial charge on any atom is 0.254 e. The first kappa shape index (κ1) is 13.8. The van der Waals surface area contributed by atoms with Gasteiger partial charge in [0, 0.05) is 22.1 Å². The number of oxime groups is 1. The Morgan fingerprint density at radius 3 is 2.76 bits per heavy atom. The van der Waals surface area contributed by atoms with E-state index >= 15 is 0 Å². The maximum atomic E-state index is 12.0. The molecule has 0 saturated carbocycles. The molecule has 1 aromatic carbocycles. The summed E-state index contributed by atoms with van der Waals surface area (Å²) in [5.41, 5.74) is 5.75. The summed E-state index contributed by atoms with van der Waals surface area (Å²) in [5, 5.41) is 11.7. The molecular weight excluding hydrogens is 309 g/mol. The Hall–Kier alpha value is -1.27. The topological polar surface area (TPSA) is 78.9 Å². The zero-order chi connectivity index (χ0) is 13.0. The summed E-state index contributed by atoms with van der Waals surface area (Å²) in [4.78, 5) is 13.3. The van der Waals surface area contributed by atoms with Crippen LogP contribution in [0.3, 0.4) is 0 Å². The highest BCUT2D eigenvalue weighted by Crippen LogP contribution is 2.20. The second-order valence-electron chi connectivity index (χ2n) is 3.41. The molecule has 92 valence electrons. The molecule has 0 aliphatic carbocycles. The second-order valence-corrected chi connectivity index (χ2v) is 4.76. The molecule has 1 amide bonds. The molecule has 1 rings (SSSR count). The molecule has 0 atom stereocenters. The highest BCUT2D eigenvalue weighted by molar-refractivity contribution is 9.10. The number of rotatable bonds is 3. The summed E-state index contributed by atoms with van der Waals surface area (Å²) in [7, 11) is 1.55. The number of carbonyl (C=O) groups excluding carboxylic acids is 1. The third kappa shape index (κ3) is 3.90. The van der Waals surface area contributed by atoms with Gasteiger partial charge in [0.15, 0.2) is 5.84 Å². The number of carbonyl (C=O) groups is 1. The Morgan fingerprint density at radius 2 is 2.24 bits per heavy atom. The Kier molecular flexibility index (Phi) is 4.77. The van der Waals surface area contributed by atoms with Crippen molar-refractivity contribution in [1.29, 1.82) is 0 Å². The van der Waals surface area contributed by atoms with Gasteiger partial charge < -0.3 is 15.8 Å². The molecule has 0 aromatic heterocycles. The molecule has 0 bridgehead atoms. The third-order valence-electron chi connectivity index (χ3n) is 1.98. The summed E-state index contributed by atoms with van der Waals surface area (Å²) < 4.78 is 0.713. The van der Waals surface area contributed by atoms with Gasteiger partial charge in [-0.25, -0.2) is 0 Å².